The van der Waals surface area contributed by atoms with Gasteiger partial charge in [-0.05, 0) is 50.5 Å². The van der Waals surface area contributed by atoms with Crippen molar-refractivity contribution in [2.75, 3.05) is 26.2 Å². The average molecular weight is 486 g/mol. The fourth-order valence-electron chi connectivity index (χ4n) is 4.55. The first-order valence-corrected chi connectivity index (χ1v) is 12.6. The monoisotopic (exact) mass is 485 g/mol. The maximum Gasteiger partial charge on any atom is 0.167 e. The Balaban J connectivity index is 1.15. The molecular formula is C28H31N5O3. The molecule has 36 heavy (non-hydrogen) atoms. The Labute approximate surface area is 211 Å². The van der Waals surface area contributed by atoms with Crippen molar-refractivity contribution in [2.45, 2.75) is 51.5 Å². The van der Waals surface area contributed by atoms with Gasteiger partial charge in [-0.3, -0.25) is 4.90 Å². The van der Waals surface area contributed by atoms with Crippen LogP contribution in [0, 0.1) is 29.1 Å². The van der Waals surface area contributed by atoms with E-state index in [9.17, 15) is 0 Å². The van der Waals surface area contributed by atoms with E-state index >= 15 is 0 Å². The molecule has 0 radical (unpaired) electrons. The number of aromatic nitrogens is 3. The van der Waals surface area contributed by atoms with E-state index in [4.69, 9.17) is 19.3 Å². The van der Waals surface area contributed by atoms with Gasteiger partial charge in [-0.25, -0.2) is 4.98 Å². The number of likely N-dealkylation sites (tertiary alicyclic amines) is 1. The second kappa shape index (κ2) is 11.5. The molecule has 2 fully saturated rings. The molecule has 0 N–H and O–H groups in total. The third-order valence-corrected chi connectivity index (χ3v) is 6.59. The van der Waals surface area contributed by atoms with Crippen molar-refractivity contribution >= 4 is 0 Å². The molecule has 186 valence electrons. The van der Waals surface area contributed by atoms with E-state index in [1.807, 2.05) is 48.0 Å². The van der Waals surface area contributed by atoms with Crippen molar-refractivity contribution < 1.29 is 14.0 Å². The number of rotatable bonds is 8. The van der Waals surface area contributed by atoms with Crippen LogP contribution in [-0.4, -0.2) is 52.1 Å². The normalized spacial score (nSPS) is 19.2. The number of nitrogens with zero attached hydrogens (tertiary/aromatic N) is 5. The molecule has 0 saturated carbocycles. The van der Waals surface area contributed by atoms with Gasteiger partial charge >= 0.3 is 0 Å². The first-order valence-electron chi connectivity index (χ1n) is 12.6. The molecule has 1 unspecified atom stereocenters. The van der Waals surface area contributed by atoms with Crippen LogP contribution in [0.3, 0.4) is 0 Å². The third-order valence-electron chi connectivity index (χ3n) is 6.59. The zero-order valence-electron chi connectivity index (χ0n) is 20.6. The van der Waals surface area contributed by atoms with E-state index < -0.39 is 0 Å². The Bertz CT molecular complexity index is 1230. The molecule has 0 amide bonds. The third kappa shape index (κ3) is 6.03. The maximum absolute atomic E-state index is 8.84. The average Bonchev–Trinajstić information content (AvgIpc) is 3.54. The van der Waals surface area contributed by atoms with Gasteiger partial charge in [0.25, 0.3) is 0 Å². The summed E-state index contributed by atoms with van der Waals surface area (Å²) >= 11 is 0. The predicted octanol–water partition coefficient (Wildman–Crippen LogP) is 4.39. The highest BCUT2D eigenvalue weighted by atomic mass is 16.7. The van der Waals surface area contributed by atoms with Gasteiger partial charge in [0.1, 0.15) is 17.6 Å². The minimum atomic E-state index is -0.177. The summed E-state index contributed by atoms with van der Waals surface area (Å²) < 4.78 is 19.5. The van der Waals surface area contributed by atoms with E-state index in [-0.39, 0.29) is 18.3 Å². The summed E-state index contributed by atoms with van der Waals surface area (Å²) in [5, 5.41) is 13.1. The van der Waals surface area contributed by atoms with Crippen LogP contribution in [-0.2, 0) is 16.0 Å². The molecule has 0 bridgehead atoms. The number of imidazole rings is 1. The van der Waals surface area contributed by atoms with Crippen LogP contribution in [0.2, 0.25) is 0 Å². The van der Waals surface area contributed by atoms with Gasteiger partial charge in [0, 0.05) is 62.2 Å². The van der Waals surface area contributed by atoms with E-state index in [1.165, 1.54) is 0 Å². The Kier molecular flexibility index (Phi) is 7.78. The van der Waals surface area contributed by atoms with E-state index in [0.29, 0.717) is 6.54 Å². The topological polar surface area (TPSA) is 89.3 Å². The Morgan fingerprint density at radius 1 is 1.22 bits per heavy atom. The van der Waals surface area contributed by atoms with Crippen molar-refractivity contribution in [1.82, 2.24) is 19.6 Å². The van der Waals surface area contributed by atoms with Crippen LogP contribution in [0.25, 0.3) is 11.3 Å². The summed E-state index contributed by atoms with van der Waals surface area (Å²) in [5.74, 6) is 8.20. The molecule has 3 aromatic rings. The predicted molar refractivity (Wildman–Crippen MR) is 133 cm³/mol. The number of nitriles is 1. The van der Waals surface area contributed by atoms with Gasteiger partial charge in [0.2, 0.25) is 0 Å². The number of hydrogen-bond acceptors (Lipinski definition) is 7. The van der Waals surface area contributed by atoms with Gasteiger partial charge in [0.05, 0.1) is 18.5 Å². The minimum absolute atomic E-state index is 0.164. The number of hydrogen-bond donors (Lipinski definition) is 0. The van der Waals surface area contributed by atoms with Crippen LogP contribution >= 0.6 is 0 Å². The highest BCUT2D eigenvalue weighted by molar-refractivity contribution is 5.59. The smallest absolute Gasteiger partial charge is 0.167 e. The molecule has 2 atom stereocenters. The Hall–Kier alpha value is -3.43. The lowest BCUT2D eigenvalue weighted by atomic mass is 10.0. The van der Waals surface area contributed by atoms with Gasteiger partial charge in [-0.1, -0.05) is 17.0 Å². The molecule has 8 heteroatoms. The molecule has 2 aliphatic rings. The molecule has 8 nitrogen and oxygen atoms in total. The highest BCUT2D eigenvalue weighted by Crippen LogP contribution is 2.25. The second-order valence-corrected chi connectivity index (χ2v) is 9.39. The van der Waals surface area contributed by atoms with E-state index in [2.05, 4.69) is 33.0 Å². The minimum Gasteiger partial charge on any atom is -0.356 e. The van der Waals surface area contributed by atoms with E-state index in [1.54, 1.807) is 6.20 Å². The van der Waals surface area contributed by atoms with Gasteiger partial charge in [-0.15, -0.1) is 0 Å². The fraction of sp³-hybridized carbons (Fsp3) is 0.464. The number of benzene rings is 1. The van der Waals surface area contributed by atoms with Crippen LogP contribution in [0.15, 0.2) is 47.2 Å². The summed E-state index contributed by atoms with van der Waals surface area (Å²) in [7, 11) is 0. The first-order chi connectivity index (χ1) is 17.7. The molecule has 2 aromatic heterocycles. The van der Waals surface area contributed by atoms with Crippen molar-refractivity contribution in [1.29, 1.82) is 5.26 Å². The number of ether oxygens (including phenoxy) is 2. The lowest BCUT2D eigenvalue weighted by molar-refractivity contribution is -0.188. The molecule has 5 rings (SSSR count). The van der Waals surface area contributed by atoms with Gasteiger partial charge in [-0.2, -0.15) is 5.26 Å². The Morgan fingerprint density at radius 3 is 2.86 bits per heavy atom. The second-order valence-electron chi connectivity index (χ2n) is 9.39. The van der Waals surface area contributed by atoms with Crippen LogP contribution < -0.4 is 0 Å². The summed E-state index contributed by atoms with van der Waals surface area (Å²) in [6.45, 7) is 5.97. The van der Waals surface area contributed by atoms with Gasteiger partial charge in [0.15, 0.2) is 12.1 Å². The molecule has 0 aliphatic carbocycles. The first kappa shape index (κ1) is 24.3. The van der Waals surface area contributed by atoms with Crippen molar-refractivity contribution in [3.63, 3.8) is 0 Å². The SMILES string of the molecule is C[C@H](OC1CCCCO1)c1nccn1Cc1cc(-c2ccc(C#CCCN3CC(C#N)C3)cc2)on1. The molecule has 0 spiro atoms. The maximum atomic E-state index is 8.84. The van der Waals surface area contributed by atoms with Crippen LogP contribution in [0.4, 0.5) is 0 Å². The van der Waals surface area contributed by atoms with Crippen LogP contribution in [0.1, 0.15) is 55.8 Å². The summed E-state index contributed by atoms with van der Waals surface area (Å²) in [4.78, 5) is 6.77. The zero-order chi connectivity index (χ0) is 24.7. The summed E-state index contributed by atoms with van der Waals surface area (Å²) in [6, 6.07) is 12.3. The summed E-state index contributed by atoms with van der Waals surface area (Å²) in [6.07, 6.45) is 7.32. The van der Waals surface area contributed by atoms with Gasteiger partial charge < -0.3 is 18.6 Å². The Morgan fingerprint density at radius 2 is 2.08 bits per heavy atom. The molecule has 2 aliphatic heterocycles. The zero-order valence-corrected chi connectivity index (χ0v) is 20.6. The van der Waals surface area contributed by atoms with Crippen molar-refractivity contribution in [2.24, 2.45) is 5.92 Å². The largest absolute Gasteiger partial charge is 0.356 e. The lowest BCUT2D eigenvalue weighted by Gasteiger charge is -2.34. The standard InChI is InChI=1S/C28H31N5O3/c1-21(35-27-7-3-5-15-34-27)28-30-12-14-33(28)20-25-16-26(36-31-25)24-10-8-22(9-11-24)6-2-4-13-32-18-23(17-29)19-32/h8-12,14,16,21,23,27H,3-5,7,13,15,18-20H2,1H3/t21-,27?/m0/s1. The van der Waals surface area contributed by atoms with Crippen molar-refractivity contribution in [3.8, 4) is 29.2 Å². The molecular weight excluding hydrogens is 454 g/mol. The molecule has 4 heterocycles. The lowest BCUT2D eigenvalue weighted by Crippen LogP contribution is -2.46. The highest BCUT2D eigenvalue weighted by Gasteiger charge is 2.25. The summed E-state index contributed by atoms with van der Waals surface area (Å²) in [5.41, 5.74) is 2.74. The molecule has 1 aromatic carbocycles. The fourth-order valence-corrected chi connectivity index (χ4v) is 4.55. The quantitative estimate of drug-likeness (QED) is 0.437. The van der Waals surface area contributed by atoms with E-state index in [0.717, 1.165) is 80.3 Å². The van der Waals surface area contributed by atoms with Crippen molar-refractivity contribution in [3.05, 3.63) is 59.8 Å². The molecule has 2 saturated heterocycles. The van der Waals surface area contributed by atoms with Crippen LogP contribution in [0.5, 0.6) is 0 Å².